The van der Waals surface area contributed by atoms with E-state index in [9.17, 15) is 4.79 Å². The van der Waals surface area contributed by atoms with Gasteiger partial charge in [-0.1, -0.05) is 42.0 Å². The minimum absolute atomic E-state index is 0.0710. The van der Waals surface area contributed by atoms with Gasteiger partial charge in [0.25, 0.3) is 0 Å². The fourth-order valence-electron chi connectivity index (χ4n) is 2.91. The highest BCUT2D eigenvalue weighted by Gasteiger charge is 2.05. The highest BCUT2D eigenvalue weighted by Crippen LogP contribution is 2.13. The lowest BCUT2D eigenvalue weighted by Crippen LogP contribution is -2.15. The van der Waals surface area contributed by atoms with Gasteiger partial charge in [-0.15, -0.1) is 0 Å². The van der Waals surface area contributed by atoms with Gasteiger partial charge in [0.1, 0.15) is 11.6 Å². The molecule has 0 radical (unpaired) electrons. The third-order valence-electron chi connectivity index (χ3n) is 4.38. The van der Waals surface area contributed by atoms with E-state index in [1.807, 2.05) is 55.5 Å². The maximum atomic E-state index is 12.2. The first-order valence-corrected chi connectivity index (χ1v) is 9.30. The second-order valence-corrected chi connectivity index (χ2v) is 6.67. The predicted molar refractivity (Wildman–Crippen MR) is 113 cm³/mol. The molecule has 144 valence electrons. The van der Waals surface area contributed by atoms with Gasteiger partial charge in [-0.25, -0.2) is 4.98 Å². The van der Waals surface area contributed by atoms with Crippen LogP contribution in [0.2, 0.25) is 0 Å². The van der Waals surface area contributed by atoms with Gasteiger partial charge in [0.05, 0.1) is 25.4 Å². The van der Waals surface area contributed by atoms with Crippen molar-refractivity contribution in [1.29, 1.82) is 0 Å². The van der Waals surface area contributed by atoms with Gasteiger partial charge < -0.3 is 15.4 Å². The summed E-state index contributed by atoms with van der Waals surface area (Å²) in [5.41, 5.74) is 4.30. The molecule has 2 N–H and O–H groups in total. The fourth-order valence-corrected chi connectivity index (χ4v) is 2.91. The molecule has 1 amide bonds. The van der Waals surface area contributed by atoms with Crippen LogP contribution in [0.3, 0.4) is 0 Å². The Bertz CT molecular complexity index is 906. The maximum Gasteiger partial charge on any atom is 0.229 e. The third-order valence-corrected chi connectivity index (χ3v) is 4.38. The van der Waals surface area contributed by atoms with E-state index in [1.165, 1.54) is 5.56 Å². The number of carbonyl (C=O) groups is 1. The van der Waals surface area contributed by atoms with Crippen LogP contribution in [0.4, 0.5) is 11.5 Å². The molecule has 28 heavy (non-hydrogen) atoms. The Labute approximate surface area is 165 Å². The van der Waals surface area contributed by atoms with Crippen LogP contribution >= 0.6 is 0 Å². The standard InChI is InChI=1S/C23H25N3O2/c1-17-4-3-5-19(14-17)15-23(27)26-22-11-8-20(16-25-22)24-13-12-18-6-9-21(28-2)10-7-18/h3-11,14,16,24H,12-13,15H2,1-2H3,(H,25,26,27). The Balaban J connectivity index is 1.45. The lowest BCUT2D eigenvalue weighted by molar-refractivity contribution is -0.115. The molecule has 5 heteroatoms. The van der Waals surface area contributed by atoms with Crippen molar-refractivity contribution in [2.45, 2.75) is 19.8 Å². The van der Waals surface area contributed by atoms with Gasteiger partial charge in [-0.2, -0.15) is 0 Å². The topological polar surface area (TPSA) is 63.2 Å². The Hall–Kier alpha value is -3.34. The average molecular weight is 375 g/mol. The molecule has 2 aromatic carbocycles. The number of aryl methyl sites for hydroxylation is 1. The van der Waals surface area contributed by atoms with Gasteiger partial charge >= 0.3 is 0 Å². The summed E-state index contributed by atoms with van der Waals surface area (Å²) in [4.78, 5) is 16.5. The lowest BCUT2D eigenvalue weighted by atomic mass is 10.1. The molecular weight excluding hydrogens is 350 g/mol. The molecule has 0 fully saturated rings. The molecule has 1 heterocycles. The average Bonchev–Trinajstić information content (AvgIpc) is 2.70. The monoisotopic (exact) mass is 375 g/mol. The first-order chi connectivity index (χ1) is 13.6. The van der Waals surface area contributed by atoms with Gasteiger partial charge in [0, 0.05) is 6.54 Å². The molecule has 0 saturated heterocycles. The van der Waals surface area contributed by atoms with E-state index < -0.39 is 0 Å². The second-order valence-electron chi connectivity index (χ2n) is 6.67. The van der Waals surface area contributed by atoms with Crippen LogP contribution in [0.1, 0.15) is 16.7 Å². The highest BCUT2D eigenvalue weighted by atomic mass is 16.5. The summed E-state index contributed by atoms with van der Waals surface area (Å²) in [6, 6.07) is 19.7. The minimum Gasteiger partial charge on any atom is -0.497 e. The largest absolute Gasteiger partial charge is 0.497 e. The summed E-state index contributed by atoms with van der Waals surface area (Å²) < 4.78 is 5.17. The fraction of sp³-hybridized carbons (Fsp3) is 0.217. The van der Waals surface area contributed by atoms with Gasteiger partial charge in [0.2, 0.25) is 5.91 Å². The Morgan fingerprint density at radius 2 is 1.86 bits per heavy atom. The van der Waals surface area contributed by atoms with Crippen molar-refractivity contribution in [3.63, 3.8) is 0 Å². The number of nitrogens with zero attached hydrogens (tertiary/aromatic N) is 1. The lowest BCUT2D eigenvalue weighted by Gasteiger charge is -2.09. The molecule has 0 spiro atoms. The first kappa shape index (κ1) is 19.4. The van der Waals surface area contributed by atoms with Crippen molar-refractivity contribution in [3.8, 4) is 5.75 Å². The van der Waals surface area contributed by atoms with Crippen molar-refractivity contribution in [3.05, 3.63) is 83.6 Å². The molecule has 0 aliphatic heterocycles. The zero-order chi connectivity index (χ0) is 19.8. The van der Waals surface area contributed by atoms with Crippen molar-refractivity contribution >= 4 is 17.4 Å². The Morgan fingerprint density at radius 1 is 1.04 bits per heavy atom. The summed E-state index contributed by atoms with van der Waals surface area (Å²) in [5.74, 6) is 1.35. The number of amides is 1. The zero-order valence-electron chi connectivity index (χ0n) is 16.2. The molecule has 5 nitrogen and oxygen atoms in total. The van der Waals surface area contributed by atoms with Gasteiger partial charge in [0.15, 0.2) is 0 Å². The summed E-state index contributed by atoms with van der Waals surface area (Å²) >= 11 is 0. The smallest absolute Gasteiger partial charge is 0.229 e. The van der Waals surface area contributed by atoms with Crippen LogP contribution in [0.15, 0.2) is 66.9 Å². The highest BCUT2D eigenvalue weighted by molar-refractivity contribution is 5.91. The summed E-state index contributed by atoms with van der Waals surface area (Å²) in [6.07, 6.45) is 2.97. The van der Waals surface area contributed by atoms with E-state index in [-0.39, 0.29) is 5.91 Å². The molecule has 0 saturated carbocycles. The van der Waals surface area contributed by atoms with Gasteiger partial charge in [-0.3, -0.25) is 4.79 Å². The molecule has 3 rings (SSSR count). The summed E-state index contributed by atoms with van der Waals surface area (Å²) in [7, 11) is 1.66. The normalized spacial score (nSPS) is 10.4. The van der Waals surface area contributed by atoms with Crippen LogP contribution in [-0.4, -0.2) is 24.5 Å². The molecule has 1 aromatic heterocycles. The second kappa shape index (κ2) is 9.55. The number of nitrogens with one attached hydrogen (secondary N) is 2. The number of hydrogen-bond donors (Lipinski definition) is 2. The van der Waals surface area contributed by atoms with Crippen molar-refractivity contribution in [2.24, 2.45) is 0 Å². The number of ether oxygens (including phenoxy) is 1. The number of pyridine rings is 1. The van der Waals surface area contributed by atoms with Crippen LogP contribution in [-0.2, 0) is 17.6 Å². The van der Waals surface area contributed by atoms with Crippen LogP contribution in [0, 0.1) is 6.92 Å². The molecule has 3 aromatic rings. The van der Waals surface area contributed by atoms with E-state index in [4.69, 9.17) is 4.74 Å². The molecule has 0 aliphatic carbocycles. The molecule has 0 atom stereocenters. The van der Waals surface area contributed by atoms with Crippen LogP contribution in [0.25, 0.3) is 0 Å². The molecule has 0 unspecified atom stereocenters. The number of benzene rings is 2. The minimum atomic E-state index is -0.0710. The van der Waals surface area contributed by atoms with E-state index in [1.54, 1.807) is 13.3 Å². The summed E-state index contributed by atoms with van der Waals surface area (Å²) in [6.45, 7) is 2.82. The predicted octanol–water partition coefficient (Wildman–Crippen LogP) is 4.23. The van der Waals surface area contributed by atoms with E-state index in [0.717, 1.165) is 35.5 Å². The van der Waals surface area contributed by atoms with Crippen LogP contribution in [0.5, 0.6) is 5.75 Å². The van der Waals surface area contributed by atoms with Crippen molar-refractivity contribution < 1.29 is 9.53 Å². The van der Waals surface area contributed by atoms with Gasteiger partial charge in [-0.05, 0) is 48.7 Å². The molecule has 0 bridgehead atoms. The number of aromatic nitrogens is 1. The number of carbonyl (C=O) groups excluding carboxylic acids is 1. The van der Waals surface area contributed by atoms with E-state index in [2.05, 4.69) is 27.8 Å². The SMILES string of the molecule is COc1ccc(CCNc2ccc(NC(=O)Cc3cccc(C)c3)nc2)cc1. The number of rotatable bonds is 8. The Morgan fingerprint density at radius 3 is 2.54 bits per heavy atom. The number of methoxy groups -OCH3 is 1. The maximum absolute atomic E-state index is 12.2. The molecule has 0 aliphatic rings. The number of hydrogen-bond acceptors (Lipinski definition) is 4. The zero-order valence-corrected chi connectivity index (χ0v) is 16.2. The Kier molecular flexibility index (Phi) is 6.63. The first-order valence-electron chi connectivity index (χ1n) is 9.30. The number of anilines is 2. The van der Waals surface area contributed by atoms with Crippen molar-refractivity contribution in [1.82, 2.24) is 4.98 Å². The molecular formula is C23H25N3O2. The quantitative estimate of drug-likeness (QED) is 0.618. The third kappa shape index (κ3) is 5.84. The van der Waals surface area contributed by atoms with E-state index in [0.29, 0.717) is 12.2 Å². The van der Waals surface area contributed by atoms with Crippen LogP contribution < -0.4 is 15.4 Å². The van der Waals surface area contributed by atoms with Crippen molar-refractivity contribution in [2.75, 3.05) is 24.3 Å². The van der Waals surface area contributed by atoms with E-state index >= 15 is 0 Å². The summed E-state index contributed by atoms with van der Waals surface area (Å²) in [5, 5.41) is 6.18.